The number of allylic oxidation sites excluding steroid dienone is 3. The standard InChI is InChI=1S/C7H10S/c1-4-5-6-7(2)8-3/h4-6H,1-2H2,3H3/b6-5-. The highest BCUT2D eigenvalue weighted by atomic mass is 32.2. The molecular weight excluding hydrogens is 116 g/mol. The van der Waals surface area contributed by atoms with E-state index in [0.29, 0.717) is 0 Å². The first-order valence-corrected chi connectivity index (χ1v) is 3.55. The van der Waals surface area contributed by atoms with Crippen LogP contribution in [0.5, 0.6) is 0 Å². The Morgan fingerprint density at radius 3 is 2.62 bits per heavy atom. The van der Waals surface area contributed by atoms with E-state index in [1.807, 2.05) is 18.4 Å². The third kappa shape index (κ3) is 3.75. The maximum absolute atomic E-state index is 3.74. The van der Waals surface area contributed by atoms with Gasteiger partial charge >= 0.3 is 0 Å². The second-order valence-electron chi connectivity index (χ2n) is 1.27. The summed E-state index contributed by atoms with van der Waals surface area (Å²) in [7, 11) is 0. The van der Waals surface area contributed by atoms with Crippen molar-refractivity contribution in [2.75, 3.05) is 6.26 Å². The molecule has 0 aromatic carbocycles. The predicted octanol–water partition coefficient (Wildman–Crippen LogP) is 2.61. The third-order valence-corrected chi connectivity index (χ3v) is 1.34. The first kappa shape index (κ1) is 7.57. The van der Waals surface area contributed by atoms with E-state index < -0.39 is 0 Å². The van der Waals surface area contributed by atoms with Crippen LogP contribution in [-0.2, 0) is 0 Å². The zero-order valence-electron chi connectivity index (χ0n) is 5.05. The quantitative estimate of drug-likeness (QED) is 0.524. The highest BCUT2D eigenvalue weighted by Gasteiger charge is 1.76. The van der Waals surface area contributed by atoms with Gasteiger partial charge < -0.3 is 0 Å². The molecule has 0 aliphatic carbocycles. The fourth-order valence-electron chi connectivity index (χ4n) is 0.243. The third-order valence-electron chi connectivity index (χ3n) is 0.680. The molecule has 0 rings (SSSR count). The van der Waals surface area contributed by atoms with Crippen LogP contribution in [0.25, 0.3) is 0 Å². The van der Waals surface area contributed by atoms with Crippen LogP contribution in [0.4, 0.5) is 0 Å². The van der Waals surface area contributed by atoms with Crippen LogP contribution in [0.15, 0.2) is 36.3 Å². The smallest absolute Gasteiger partial charge is 0.000286 e. The van der Waals surface area contributed by atoms with Crippen LogP contribution >= 0.6 is 11.8 Å². The molecule has 0 aliphatic rings. The van der Waals surface area contributed by atoms with Gasteiger partial charge in [0.25, 0.3) is 0 Å². The molecule has 0 atom stereocenters. The lowest BCUT2D eigenvalue weighted by Gasteiger charge is -1.86. The Balaban J connectivity index is 3.52. The van der Waals surface area contributed by atoms with Crippen LogP contribution in [0.2, 0.25) is 0 Å². The topological polar surface area (TPSA) is 0 Å². The highest BCUT2D eigenvalue weighted by Crippen LogP contribution is 2.08. The van der Waals surface area contributed by atoms with Gasteiger partial charge in [-0.3, -0.25) is 0 Å². The minimum atomic E-state index is 1.06. The van der Waals surface area contributed by atoms with Gasteiger partial charge in [-0.1, -0.05) is 25.3 Å². The van der Waals surface area contributed by atoms with Gasteiger partial charge in [0.15, 0.2) is 0 Å². The van der Waals surface area contributed by atoms with E-state index in [2.05, 4.69) is 13.2 Å². The zero-order chi connectivity index (χ0) is 6.41. The van der Waals surface area contributed by atoms with Crippen molar-refractivity contribution in [3.05, 3.63) is 36.3 Å². The van der Waals surface area contributed by atoms with E-state index in [9.17, 15) is 0 Å². The van der Waals surface area contributed by atoms with Gasteiger partial charge in [0.2, 0.25) is 0 Å². The molecule has 0 aliphatic heterocycles. The second kappa shape index (κ2) is 4.72. The average molecular weight is 126 g/mol. The van der Waals surface area contributed by atoms with E-state index >= 15 is 0 Å². The van der Waals surface area contributed by atoms with Gasteiger partial charge in [0, 0.05) is 0 Å². The molecule has 0 radical (unpaired) electrons. The minimum Gasteiger partial charge on any atom is -0.130 e. The van der Waals surface area contributed by atoms with Crippen molar-refractivity contribution in [2.24, 2.45) is 0 Å². The van der Waals surface area contributed by atoms with Crippen molar-refractivity contribution in [2.45, 2.75) is 0 Å². The van der Waals surface area contributed by atoms with Crippen molar-refractivity contribution in [1.29, 1.82) is 0 Å². The lowest BCUT2D eigenvalue weighted by Crippen LogP contribution is -1.58. The van der Waals surface area contributed by atoms with Gasteiger partial charge in [0.05, 0.1) is 0 Å². The predicted molar refractivity (Wildman–Crippen MR) is 42.0 cm³/mol. The summed E-state index contributed by atoms with van der Waals surface area (Å²) >= 11 is 1.64. The minimum absolute atomic E-state index is 1.06. The Hall–Kier alpha value is -0.430. The Labute approximate surface area is 55.0 Å². The molecular formula is C7H10S. The lowest BCUT2D eigenvalue weighted by molar-refractivity contribution is 1.93. The van der Waals surface area contributed by atoms with E-state index in [1.54, 1.807) is 17.8 Å². The SMILES string of the molecule is C=C/C=C\C(=C)SC. The molecule has 1 heteroatoms. The van der Waals surface area contributed by atoms with Gasteiger partial charge in [0.1, 0.15) is 0 Å². The molecule has 44 valence electrons. The van der Waals surface area contributed by atoms with Crippen LogP contribution in [0, 0.1) is 0 Å². The van der Waals surface area contributed by atoms with Crippen molar-refractivity contribution in [1.82, 2.24) is 0 Å². The number of hydrogen-bond donors (Lipinski definition) is 0. The van der Waals surface area contributed by atoms with Gasteiger partial charge in [-0.15, -0.1) is 11.8 Å². The molecule has 0 spiro atoms. The van der Waals surface area contributed by atoms with E-state index in [4.69, 9.17) is 0 Å². The van der Waals surface area contributed by atoms with Crippen molar-refractivity contribution >= 4 is 11.8 Å². The van der Waals surface area contributed by atoms with Crippen LogP contribution in [0.3, 0.4) is 0 Å². The molecule has 8 heavy (non-hydrogen) atoms. The average Bonchev–Trinajstić information content (AvgIpc) is 1.83. The van der Waals surface area contributed by atoms with E-state index in [0.717, 1.165) is 4.91 Å². The van der Waals surface area contributed by atoms with Crippen molar-refractivity contribution < 1.29 is 0 Å². The first-order chi connectivity index (χ1) is 3.81. The van der Waals surface area contributed by atoms with E-state index in [1.165, 1.54) is 0 Å². The maximum atomic E-state index is 3.74. The number of hydrogen-bond acceptors (Lipinski definition) is 1. The lowest BCUT2D eigenvalue weighted by atomic mass is 10.5. The van der Waals surface area contributed by atoms with Gasteiger partial charge in [-0.05, 0) is 17.2 Å². The molecule has 0 aromatic rings. The number of rotatable bonds is 3. The van der Waals surface area contributed by atoms with Crippen molar-refractivity contribution in [3.63, 3.8) is 0 Å². The Morgan fingerprint density at radius 2 is 2.25 bits per heavy atom. The summed E-state index contributed by atoms with van der Waals surface area (Å²) in [6.07, 6.45) is 7.54. The van der Waals surface area contributed by atoms with E-state index in [-0.39, 0.29) is 0 Å². The highest BCUT2D eigenvalue weighted by molar-refractivity contribution is 8.02. The molecule has 0 heterocycles. The second-order valence-corrected chi connectivity index (χ2v) is 2.20. The molecule has 0 aromatic heterocycles. The first-order valence-electron chi connectivity index (χ1n) is 2.33. The Kier molecular flexibility index (Phi) is 4.47. The molecule has 0 saturated carbocycles. The fraction of sp³-hybridized carbons (Fsp3) is 0.143. The molecule has 0 nitrogen and oxygen atoms in total. The Bertz CT molecular complexity index is 112. The summed E-state index contributed by atoms with van der Waals surface area (Å²) in [5.41, 5.74) is 0. The summed E-state index contributed by atoms with van der Waals surface area (Å²) in [6.45, 7) is 7.27. The molecule has 0 unspecified atom stereocenters. The summed E-state index contributed by atoms with van der Waals surface area (Å²) in [6, 6.07) is 0. The maximum Gasteiger partial charge on any atom is -0.000286 e. The normalized spacial score (nSPS) is 9.62. The van der Waals surface area contributed by atoms with Gasteiger partial charge in [-0.25, -0.2) is 0 Å². The van der Waals surface area contributed by atoms with Crippen LogP contribution in [0.1, 0.15) is 0 Å². The summed E-state index contributed by atoms with van der Waals surface area (Å²) in [4.78, 5) is 1.06. The van der Waals surface area contributed by atoms with Gasteiger partial charge in [-0.2, -0.15) is 0 Å². The largest absolute Gasteiger partial charge is 0.130 e. The van der Waals surface area contributed by atoms with Crippen LogP contribution < -0.4 is 0 Å². The molecule has 0 N–H and O–H groups in total. The molecule has 0 fully saturated rings. The number of thioether (sulfide) groups is 1. The van der Waals surface area contributed by atoms with Crippen LogP contribution in [-0.4, -0.2) is 6.26 Å². The molecule has 0 saturated heterocycles. The van der Waals surface area contributed by atoms with Crippen molar-refractivity contribution in [3.8, 4) is 0 Å². The molecule has 0 amide bonds. The molecule has 0 bridgehead atoms. The zero-order valence-corrected chi connectivity index (χ0v) is 5.87. The fourth-order valence-corrected chi connectivity index (χ4v) is 0.458. The summed E-state index contributed by atoms with van der Waals surface area (Å²) in [5.74, 6) is 0. The summed E-state index contributed by atoms with van der Waals surface area (Å²) < 4.78 is 0. The monoisotopic (exact) mass is 126 g/mol. The Morgan fingerprint density at radius 1 is 1.62 bits per heavy atom. The summed E-state index contributed by atoms with van der Waals surface area (Å²) in [5, 5.41) is 0.